The van der Waals surface area contributed by atoms with Gasteiger partial charge in [-0.15, -0.1) is 15.3 Å². The molecule has 2 aromatic rings. The van der Waals surface area contributed by atoms with Crippen LogP contribution in [0.25, 0.3) is 10.8 Å². The summed E-state index contributed by atoms with van der Waals surface area (Å²) in [5, 5.41) is 12.1. The Morgan fingerprint density at radius 2 is 2.15 bits per heavy atom. The van der Waals surface area contributed by atoms with Gasteiger partial charge in [-0.1, -0.05) is 16.3 Å². The third-order valence-corrected chi connectivity index (χ3v) is 2.76. The van der Waals surface area contributed by atoms with E-state index in [2.05, 4.69) is 19.8 Å². The standard InChI is InChI=1S/C6H6N4OS2/c1-3-4(13-10-7-3)5-8-9-6(11-5)12-2/h1-2H3. The molecule has 0 N–H and O–H groups in total. The summed E-state index contributed by atoms with van der Waals surface area (Å²) in [5.41, 5.74) is 0.821. The van der Waals surface area contributed by atoms with E-state index in [0.717, 1.165) is 10.6 Å². The fourth-order valence-corrected chi connectivity index (χ4v) is 1.67. The molecule has 0 fully saturated rings. The van der Waals surface area contributed by atoms with E-state index < -0.39 is 0 Å². The Kier molecular flexibility index (Phi) is 2.28. The molecule has 0 aromatic carbocycles. The van der Waals surface area contributed by atoms with Gasteiger partial charge in [0.1, 0.15) is 4.88 Å². The predicted octanol–water partition coefficient (Wildman–Crippen LogP) is 1.62. The van der Waals surface area contributed by atoms with Crippen LogP contribution in [0.2, 0.25) is 0 Å². The average Bonchev–Trinajstić information content (AvgIpc) is 2.71. The molecule has 7 heteroatoms. The maximum Gasteiger partial charge on any atom is 0.276 e. The summed E-state index contributed by atoms with van der Waals surface area (Å²) in [7, 11) is 0. The van der Waals surface area contributed by atoms with E-state index in [4.69, 9.17) is 4.42 Å². The molecule has 0 aliphatic carbocycles. The van der Waals surface area contributed by atoms with Crippen molar-refractivity contribution in [3.05, 3.63) is 5.69 Å². The van der Waals surface area contributed by atoms with Crippen LogP contribution in [0.4, 0.5) is 0 Å². The lowest BCUT2D eigenvalue weighted by atomic mass is 10.4. The first-order chi connectivity index (χ1) is 6.31. The number of rotatable bonds is 2. The van der Waals surface area contributed by atoms with Crippen molar-refractivity contribution in [2.45, 2.75) is 12.1 Å². The number of thioether (sulfide) groups is 1. The Labute approximate surface area is 82.7 Å². The monoisotopic (exact) mass is 214 g/mol. The normalized spacial score (nSPS) is 10.6. The quantitative estimate of drug-likeness (QED) is 0.708. The molecular weight excluding hydrogens is 208 g/mol. The molecule has 5 nitrogen and oxygen atoms in total. The van der Waals surface area contributed by atoms with Crippen LogP contribution in [-0.4, -0.2) is 26.0 Å². The van der Waals surface area contributed by atoms with Crippen LogP contribution in [0.3, 0.4) is 0 Å². The van der Waals surface area contributed by atoms with Gasteiger partial charge in [-0.3, -0.25) is 0 Å². The predicted molar refractivity (Wildman–Crippen MR) is 49.7 cm³/mol. The molecule has 13 heavy (non-hydrogen) atoms. The highest BCUT2D eigenvalue weighted by Gasteiger charge is 2.13. The van der Waals surface area contributed by atoms with Crippen LogP contribution in [0.1, 0.15) is 5.69 Å². The van der Waals surface area contributed by atoms with E-state index in [0.29, 0.717) is 11.1 Å². The van der Waals surface area contributed by atoms with Crippen molar-refractivity contribution in [1.29, 1.82) is 0 Å². The molecule has 0 amide bonds. The number of hydrogen-bond acceptors (Lipinski definition) is 7. The zero-order valence-electron chi connectivity index (χ0n) is 7.01. The highest BCUT2D eigenvalue weighted by atomic mass is 32.2. The summed E-state index contributed by atoms with van der Waals surface area (Å²) in [6.45, 7) is 1.86. The molecule has 0 radical (unpaired) electrons. The zero-order valence-corrected chi connectivity index (χ0v) is 8.65. The topological polar surface area (TPSA) is 64.7 Å². The first kappa shape index (κ1) is 8.64. The second-order valence-electron chi connectivity index (χ2n) is 2.26. The van der Waals surface area contributed by atoms with E-state index in [-0.39, 0.29) is 0 Å². The van der Waals surface area contributed by atoms with Gasteiger partial charge in [0.25, 0.3) is 11.1 Å². The van der Waals surface area contributed by atoms with E-state index in [9.17, 15) is 0 Å². The third-order valence-electron chi connectivity index (χ3n) is 1.43. The Morgan fingerprint density at radius 1 is 1.31 bits per heavy atom. The molecule has 0 saturated carbocycles. The Balaban J connectivity index is 2.41. The maximum atomic E-state index is 5.33. The summed E-state index contributed by atoms with van der Waals surface area (Å²) in [6, 6.07) is 0. The minimum Gasteiger partial charge on any atom is -0.410 e. The first-order valence-corrected chi connectivity index (χ1v) is 5.48. The molecule has 0 unspecified atom stereocenters. The third kappa shape index (κ3) is 1.56. The van der Waals surface area contributed by atoms with Gasteiger partial charge in [0.2, 0.25) is 0 Å². The molecule has 0 spiro atoms. The van der Waals surface area contributed by atoms with Gasteiger partial charge < -0.3 is 4.42 Å². The molecule has 2 aromatic heterocycles. The first-order valence-electron chi connectivity index (χ1n) is 3.48. The Bertz CT molecular complexity index is 410. The van der Waals surface area contributed by atoms with Gasteiger partial charge in [-0.05, 0) is 24.7 Å². The van der Waals surface area contributed by atoms with Gasteiger partial charge in [0.05, 0.1) is 5.69 Å². The van der Waals surface area contributed by atoms with Crippen LogP contribution in [0, 0.1) is 6.92 Å². The van der Waals surface area contributed by atoms with E-state index in [1.54, 1.807) is 0 Å². The lowest BCUT2D eigenvalue weighted by Gasteiger charge is -1.86. The van der Waals surface area contributed by atoms with Crippen molar-refractivity contribution in [2.24, 2.45) is 0 Å². The molecule has 2 rings (SSSR count). The number of aryl methyl sites for hydroxylation is 1. The maximum absolute atomic E-state index is 5.33. The summed E-state index contributed by atoms with van der Waals surface area (Å²) in [6.07, 6.45) is 1.88. The van der Waals surface area contributed by atoms with E-state index in [1.807, 2.05) is 13.2 Å². The van der Waals surface area contributed by atoms with Crippen LogP contribution in [0.15, 0.2) is 9.64 Å². The second kappa shape index (κ2) is 3.43. The molecule has 0 aliphatic rings. The van der Waals surface area contributed by atoms with Crippen molar-refractivity contribution in [1.82, 2.24) is 19.8 Å². The smallest absolute Gasteiger partial charge is 0.276 e. The Hall–Kier alpha value is -0.950. The molecule has 0 aliphatic heterocycles. The minimum absolute atomic E-state index is 0.497. The van der Waals surface area contributed by atoms with Crippen molar-refractivity contribution in [3.8, 4) is 10.8 Å². The molecule has 0 saturated heterocycles. The van der Waals surface area contributed by atoms with Gasteiger partial charge in [0, 0.05) is 0 Å². The van der Waals surface area contributed by atoms with Crippen molar-refractivity contribution in [2.75, 3.05) is 6.26 Å². The van der Waals surface area contributed by atoms with Crippen molar-refractivity contribution >= 4 is 23.3 Å². The average molecular weight is 214 g/mol. The van der Waals surface area contributed by atoms with Crippen LogP contribution >= 0.6 is 23.3 Å². The van der Waals surface area contributed by atoms with Crippen LogP contribution in [0.5, 0.6) is 0 Å². The SMILES string of the molecule is CSc1nnc(-c2snnc2C)o1. The largest absolute Gasteiger partial charge is 0.410 e. The number of nitrogens with zero attached hydrogens (tertiary/aromatic N) is 4. The molecule has 2 heterocycles. The fourth-order valence-electron chi connectivity index (χ4n) is 0.812. The summed E-state index contributed by atoms with van der Waals surface area (Å²) in [4.78, 5) is 0.841. The number of hydrogen-bond donors (Lipinski definition) is 0. The van der Waals surface area contributed by atoms with E-state index >= 15 is 0 Å². The minimum atomic E-state index is 0.497. The Morgan fingerprint density at radius 3 is 2.69 bits per heavy atom. The zero-order chi connectivity index (χ0) is 9.26. The summed E-state index contributed by atoms with van der Waals surface area (Å²) >= 11 is 2.68. The second-order valence-corrected chi connectivity index (χ2v) is 3.78. The highest BCUT2D eigenvalue weighted by Crippen LogP contribution is 2.25. The van der Waals surface area contributed by atoms with Crippen molar-refractivity contribution < 1.29 is 4.42 Å². The van der Waals surface area contributed by atoms with Crippen LogP contribution in [-0.2, 0) is 0 Å². The van der Waals surface area contributed by atoms with E-state index in [1.165, 1.54) is 23.3 Å². The summed E-state index contributed by atoms with van der Waals surface area (Å²) in [5.74, 6) is 0.497. The molecular formula is C6H6N4OS2. The van der Waals surface area contributed by atoms with Crippen molar-refractivity contribution in [3.63, 3.8) is 0 Å². The lowest BCUT2D eigenvalue weighted by Crippen LogP contribution is -1.77. The highest BCUT2D eigenvalue weighted by molar-refractivity contribution is 7.98. The molecule has 68 valence electrons. The number of aromatic nitrogens is 4. The summed E-state index contributed by atoms with van der Waals surface area (Å²) < 4.78 is 9.12. The van der Waals surface area contributed by atoms with Gasteiger partial charge in [0.15, 0.2) is 0 Å². The van der Waals surface area contributed by atoms with Gasteiger partial charge >= 0.3 is 0 Å². The fraction of sp³-hybridized carbons (Fsp3) is 0.333. The van der Waals surface area contributed by atoms with Gasteiger partial charge in [-0.25, -0.2) is 0 Å². The van der Waals surface area contributed by atoms with Crippen LogP contribution < -0.4 is 0 Å². The molecule has 0 bridgehead atoms. The lowest BCUT2D eigenvalue weighted by molar-refractivity contribution is 0.467. The molecule has 0 atom stereocenters. The van der Waals surface area contributed by atoms with Gasteiger partial charge in [-0.2, -0.15) is 0 Å².